The van der Waals surface area contributed by atoms with E-state index in [0.29, 0.717) is 11.4 Å². The second-order valence-electron chi connectivity index (χ2n) is 5.61. The van der Waals surface area contributed by atoms with E-state index in [1.54, 1.807) is 37.4 Å². The molecule has 1 amide bonds. The predicted octanol–water partition coefficient (Wildman–Crippen LogP) is 1.61. The standard InChI is InChI=1S/C17H20N4O3S/c1-13-7-8-14(2)16(10-13)21(25(3,23)24)12-17(22)20-19-11-15-6-4-5-9-18-15/h4-11H,12H2,1-3H3,(H,20,22)/b19-11-. The Kier molecular flexibility index (Phi) is 5.87. The molecule has 1 aromatic carbocycles. The van der Waals surface area contributed by atoms with Crippen molar-refractivity contribution in [1.29, 1.82) is 0 Å². The lowest BCUT2D eigenvalue weighted by atomic mass is 10.1. The molecule has 132 valence electrons. The summed E-state index contributed by atoms with van der Waals surface area (Å²) in [4.78, 5) is 16.1. The number of carbonyl (C=O) groups excluding carboxylic acids is 1. The first-order valence-electron chi connectivity index (χ1n) is 7.55. The maximum atomic E-state index is 12.1. The Morgan fingerprint density at radius 1 is 1.28 bits per heavy atom. The number of amides is 1. The molecule has 0 radical (unpaired) electrons. The van der Waals surface area contributed by atoms with Crippen LogP contribution in [0.25, 0.3) is 0 Å². The van der Waals surface area contributed by atoms with Gasteiger partial charge in [0.15, 0.2) is 0 Å². The molecule has 0 unspecified atom stereocenters. The van der Waals surface area contributed by atoms with E-state index in [4.69, 9.17) is 0 Å². The van der Waals surface area contributed by atoms with Gasteiger partial charge in [0.2, 0.25) is 10.0 Å². The number of aryl methyl sites for hydroxylation is 2. The number of hydrogen-bond acceptors (Lipinski definition) is 5. The summed E-state index contributed by atoms with van der Waals surface area (Å²) in [5.41, 5.74) is 5.05. The van der Waals surface area contributed by atoms with E-state index in [2.05, 4.69) is 15.5 Å². The Hall–Kier alpha value is -2.74. The van der Waals surface area contributed by atoms with Gasteiger partial charge in [-0.15, -0.1) is 0 Å². The minimum Gasteiger partial charge on any atom is -0.271 e. The van der Waals surface area contributed by atoms with Gasteiger partial charge in [-0.3, -0.25) is 14.1 Å². The number of aromatic nitrogens is 1. The molecule has 1 aromatic heterocycles. The van der Waals surface area contributed by atoms with Crippen LogP contribution in [-0.2, 0) is 14.8 Å². The summed E-state index contributed by atoms with van der Waals surface area (Å²) < 4.78 is 25.3. The van der Waals surface area contributed by atoms with Crippen molar-refractivity contribution in [1.82, 2.24) is 10.4 Å². The summed E-state index contributed by atoms with van der Waals surface area (Å²) in [6.07, 6.45) is 4.06. The first kappa shape index (κ1) is 18.6. The minimum absolute atomic E-state index is 0.358. The van der Waals surface area contributed by atoms with Gasteiger partial charge in [0.25, 0.3) is 5.91 Å². The number of hydrazone groups is 1. The molecule has 1 heterocycles. The summed E-state index contributed by atoms with van der Waals surface area (Å²) >= 11 is 0. The molecule has 0 spiro atoms. The Morgan fingerprint density at radius 3 is 2.68 bits per heavy atom. The SMILES string of the molecule is Cc1ccc(C)c(N(CC(=O)N/N=C\c2ccccn2)S(C)(=O)=O)c1. The van der Waals surface area contributed by atoms with Gasteiger partial charge in [-0.05, 0) is 43.2 Å². The van der Waals surface area contributed by atoms with Crippen LogP contribution in [0.5, 0.6) is 0 Å². The minimum atomic E-state index is -3.62. The zero-order chi connectivity index (χ0) is 18.4. The molecule has 0 saturated heterocycles. The molecule has 1 N–H and O–H groups in total. The van der Waals surface area contributed by atoms with Gasteiger partial charge in [0, 0.05) is 6.20 Å². The van der Waals surface area contributed by atoms with Gasteiger partial charge in [-0.1, -0.05) is 18.2 Å². The third-order valence-electron chi connectivity index (χ3n) is 3.39. The third kappa shape index (κ3) is 5.39. The van der Waals surface area contributed by atoms with Gasteiger partial charge < -0.3 is 0 Å². The Balaban J connectivity index is 2.14. The van der Waals surface area contributed by atoms with Gasteiger partial charge >= 0.3 is 0 Å². The van der Waals surface area contributed by atoms with E-state index in [1.807, 2.05) is 19.1 Å². The number of hydrogen-bond donors (Lipinski definition) is 1. The largest absolute Gasteiger partial charge is 0.271 e. The smallest absolute Gasteiger partial charge is 0.260 e. The number of nitrogens with zero attached hydrogens (tertiary/aromatic N) is 3. The molecule has 2 rings (SSSR count). The van der Waals surface area contributed by atoms with E-state index < -0.39 is 15.9 Å². The molecule has 0 fully saturated rings. The Morgan fingerprint density at radius 2 is 2.04 bits per heavy atom. The van der Waals surface area contributed by atoms with E-state index in [0.717, 1.165) is 21.7 Å². The lowest BCUT2D eigenvalue weighted by molar-refractivity contribution is -0.119. The van der Waals surface area contributed by atoms with Gasteiger partial charge in [-0.2, -0.15) is 5.10 Å². The number of pyridine rings is 1. The highest BCUT2D eigenvalue weighted by Crippen LogP contribution is 2.23. The quantitative estimate of drug-likeness (QED) is 0.626. The maximum absolute atomic E-state index is 12.1. The zero-order valence-electron chi connectivity index (χ0n) is 14.3. The van der Waals surface area contributed by atoms with Crippen molar-refractivity contribution in [3.8, 4) is 0 Å². The van der Waals surface area contributed by atoms with Crippen LogP contribution in [0.1, 0.15) is 16.8 Å². The maximum Gasteiger partial charge on any atom is 0.260 e. The van der Waals surface area contributed by atoms with E-state index in [1.165, 1.54) is 6.21 Å². The monoisotopic (exact) mass is 360 g/mol. The lowest BCUT2D eigenvalue weighted by Gasteiger charge is -2.23. The average molecular weight is 360 g/mol. The van der Waals surface area contributed by atoms with E-state index in [-0.39, 0.29) is 6.54 Å². The van der Waals surface area contributed by atoms with Crippen LogP contribution in [0, 0.1) is 13.8 Å². The summed E-state index contributed by atoms with van der Waals surface area (Å²) in [6, 6.07) is 10.7. The van der Waals surface area contributed by atoms with Crippen LogP contribution >= 0.6 is 0 Å². The molecule has 0 aliphatic carbocycles. The Labute approximate surface area is 147 Å². The highest BCUT2D eigenvalue weighted by molar-refractivity contribution is 7.92. The molecular formula is C17H20N4O3S. The van der Waals surface area contributed by atoms with Crippen LogP contribution in [0.4, 0.5) is 5.69 Å². The fourth-order valence-electron chi connectivity index (χ4n) is 2.16. The number of anilines is 1. The number of rotatable bonds is 6. The summed E-state index contributed by atoms with van der Waals surface area (Å²) in [5, 5.41) is 3.80. The molecule has 8 heteroatoms. The summed E-state index contributed by atoms with van der Waals surface area (Å²) in [7, 11) is -3.62. The second kappa shape index (κ2) is 7.89. The van der Waals surface area contributed by atoms with Crippen LogP contribution in [0.2, 0.25) is 0 Å². The molecule has 0 aliphatic heterocycles. The number of carbonyl (C=O) groups is 1. The molecule has 7 nitrogen and oxygen atoms in total. The fraction of sp³-hybridized carbons (Fsp3) is 0.235. The van der Waals surface area contributed by atoms with Gasteiger partial charge in [0.1, 0.15) is 6.54 Å². The highest BCUT2D eigenvalue weighted by Gasteiger charge is 2.22. The van der Waals surface area contributed by atoms with Gasteiger partial charge in [0.05, 0.1) is 23.9 Å². The average Bonchev–Trinajstić information content (AvgIpc) is 2.55. The number of nitrogens with one attached hydrogen (secondary N) is 1. The van der Waals surface area contributed by atoms with Crippen molar-refractivity contribution >= 4 is 27.8 Å². The summed E-state index contributed by atoms with van der Waals surface area (Å²) in [6.45, 7) is 3.30. The van der Waals surface area contributed by atoms with Crippen LogP contribution in [-0.4, -0.2) is 38.3 Å². The molecule has 0 saturated carbocycles. The number of benzene rings is 1. The molecule has 0 atom stereocenters. The first-order valence-corrected chi connectivity index (χ1v) is 9.40. The first-order chi connectivity index (χ1) is 11.8. The molecular weight excluding hydrogens is 340 g/mol. The molecule has 0 aliphatic rings. The molecule has 25 heavy (non-hydrogen) atoms. The van der Waals surface area contributed by atoms with Crippen molar-refractivity contribution in [2.24, 2.45) is 5.10 Å². The zero-order valence-corrected chi connectivity index (χ0v) is 15.1. The van der Waals surface area contributed by atoms with Crippen molar-refractivity contribution in [3.05, 3.63) is 59.4 Å². The normalized spacial score (nSPS) is 11.5. The van der Waals surface area contributed by atoms with Crippen LogP contribution < -0.4 is 9.73 Å². The summed E-state index contributed by atoms with van der Waals surface area (Å²) in [5.74, 6) is -0.543. The second-order valence-corrected chi connectivity index (χ2v) is 7.51. The highest BCUT2D eigenvalue weighted by atomic mass is 32.2. The Bertz CT molecular complexity index is 880. The van der Waals surface area contributed by atoms with E-state index in [9.17, 15) is 13.2 Å². The van der Waals surface area contributed by atoms with E-state index >= 15 is 0 Å². The molecule has 0 bridgehead atoms. The third-order valence-corrected chi connectivity index (χ3v) is 4.52. The van der Waals surface area contributed by atoms with Crippen molar-refractivity contribution in [3.63, 3.8) is 0 Å². The van der Waals surface area contributed by atoms with Crippen LogP contribution in [0.3, 0.4) is 0 Å². The lowest BCUT2D eigenvalue weighted by Crippen LogP contribution is -2.39. The number of sulfonamides is 1. The predicted molar refractivity (Wildman–Crippen MR) is 98.1 cm³/mol. The van der Waals surface area contributed by atoms with Crippen LogP contribution in [0.15, 0.2) is 47.7 Å². The fourth-order valence-corrected chi connectivity index (χ4v) is 3.06. The molecule has 2 aromatic rings. The van der Waals surface area contributed by atoms with Gasteiger partial charge in [-0.25, -0.2) is 13.8 Å². The van der Waals surface area contributed by atoms with Crippen molar-refractivity contribution in [2.45, 2.75) is 13.8 Å². The topological polar surface area (TPSA) is 91.7 Å². The van der Waals surface area contributed by atoms with Crippen molar-refractivity contribution < 1.29 is 13.2 Å². The van der Waals surface area contributed by atoms with Crippen molar-refractivity contribution in [2.75, 3.05) is 17.1 Å².